The predicted molar refractivity (Wildman–Crippen MR) is 99.7 cm³/mol. The Morgan fingerprint density at radius 3 is 2.42 bits per heavy atom. The number of rotatable bonds is 5. The van der Waals surface area contributed by atoms with Crippen molar-refractivity contribution in [3.8, 4) is 11.4 Å². The predicted octanol–water partition coefficient (Wildman–Crippen LogP) is 2.80. The first-order chi connectivity index (χ1) is 12.6. The van der Waals surface area contributed by atoms with Gasteiger partial charge in [0.15, 0.2) is 0 Å². The molecule has 6 heteroatoms. The van der Waals surface area contributed by atoms with Crippen LogP contribution >= 0.6 is 0 Å². The smallest absolute Gasteiger partial charge is 0.264 e. The average Bonchev–Trinajstić information content (AvgIpc) is 2.67. The van der Waals surface area contributed by atoms with Crippen molar-refractivity contribution in [2.24, 2.45) is 0 Å². The zero-order chi connectivity index (χ0) is 18.5. The molecule has 0 spiro atoms. The molecular formula is C20H20N4O2. The maximum absolute atomic E-state index is 12.7. The lowest BCUT2D eigenvalue weighted by molar-refractivity contribution is 0.0750. The van der Waals surface area contributed by atoms with Gasteiger partial charge in [0.2, 0.25) is 0 Å². The molecule has 0 saturated carbocycles. The molecular weight excluding hydrogens is 328 g/mol. The molecule has 0 radical (unpaired) electrons. The Kier molecular flexibility index (Phi) is 5.22. The first kappa shape index (κ1) is 17.5. The zero-order valence-electron chi connectivity index (χ0n) is 14.8. The largest absolute Gasteiger partial charge is 0.334 e. The van der Waals surface area contributed by atoms with E-state index in [2.05, 4.69) is 15.0 Å². The standard InChI is InChI=1S/C20H20N4O2/c1-3-24(13-15-8-10-21-11-9-15)20(26)17-12-22-18(23-19(17)25)16-6-4-14(2)5-7-16/h4-12H,3,13H2,1-2H3,(H,22,23,25). The lowest BCUT2D eigenvalue weighted by atomic mass is 10.1. The highest BCUT2D eigenvalue weighted by Gasteiger charge is 2.19. The number of nitrogens with zero attached hydrogens (tertiary/aromatic N) is 3. The number of carbonyl (C=O) groups excluding carboxylic acids is 1. The second kappa shape index (κ2) is 7.74. The Morgan fingerprint density at radius 2 is 1.81 bits per heavy atom. The summed E-state index contributed by atoms with van der Waals surface area (Å²) in [6.07, 6.45) is 4.71. The molecule has 1 N–H and O–H groups in total. The Morgan fingerprint density at radius 1 is 1.12 bits per heavy atom. The van der Waals surface area contributed by atoms with E-state index in [0.717, 1.165) is 16.7 Å². The second-order valence-electron chi connectivity index (χ2n) is 6.02. The molecule has 0 aliphatic rings. The highest BCUT2D eigenvalue weighted by molar-refractivity contribution is 5.93. The minimum atomic E-state index is -0.436. The van der Waals surface area contributed by atoms with E-state index in [4.69, 9.17) is 0 Å². The van der Waals surface area contributed by atoms with Crippen LogP contribution in [0.1, 0.15) is 28.4 Å². The molecule has 3 aromatic rings. The Bertz CT molecular complexity index is 950. The van der Waals surface area contributed by atoms with E-state index < -0.39 is 5.56 Å². The van der Waals surface area contributed by atoms with E-state index in [1.807, 2.05) is 50.2 Å². The van der Waals surface area contributed by atoms with Crippen LogP contribution in [0.3, 0.4) is 0 Å². The molecule has 0 fully saturated rings. The van der Waals surface area contributed by atoms with Gasteiger partial charge in [0.1, 0.15) is 11.4 Å². The number of pyridine rings is 1. The molecule has 26 heavy (non-hydrogen) atoms. The van der Waals surface area contributed by atoms with Gasteiger partial charge in [0.05, 0.1) is 0 Å². The highest BCUT2D eigenvalue weighted by Crippen LogP contribution is 2.14. The van der Waals surface area contributed by atoms with Crippen molar-refractivity contribution in [3.05, 3.63) is 82.0 Å². The number of aryl methyl sites for hydroxylation is 1. The number of hydrogen-bond acceptors (Lipinski definition) is 4. The topological polar surface area (TPSA) is 79.0 Å². The van der Waals surface area contributed by atoms with Crippen molar-refractivity contribution in [2.75, 3.05) is 6.54 Å². The summed E-state index contributed by atoms with van der Waals surface area (Å²) in [6.45, 7) is 4.77. The summed E-state index contributed by atoms with van der Waals surface area (Å²) in [5, 5.41) is 0. The third-order valence-electron chi connectivity index (χ3n) is 4.15. The third kappa shape index (κ3) is 3.85. The molecule has 0 saturated heterocycles. The maximum atomic E-state index is 12.7. The van der Waals surface area contributed by atoms with Gasteiger partial charge in [-0.05, 0) is 31.5 Å². The summed E-state index contributed by atoms with van der Waals surface area (Å²) in [5.41, 5.74) is 2.48. The number of carbonyl (C=O) groups is 1. The van der Waals surface area contributed by atoms with E-state index >= 15 is 0 Å². The lowest BCUT2D eigenvalue weighted by Crippen LogP contribution is -2.34. The van der Waals surface area contributed by atoms with Crippen LogP contribution in [0.15, 0.2) is 59.8 Å². The summed E-state index contributed by atoms with van der Waals surface area (Å²) < 4.78 is 0. The first-order valence-corrected chi connectivity index (χ1v) is 8.43. The van der Waals surface area contributed by atoms with Crippen LogP contribution in [0.4, 0.5) is 0 Å². The van der Waals surface area contributed by atoms with Gasteiger partial charge in [-0.3, -0.25) is 14.6 Å². The molecule has 2 heterocycles. The van der Waals surface area contributed by atoms with Gasteiger partial charge in [-0.15, -0.1) is 0 Å². The number of benzene rings is 1. The number of aromatic nitrogens is 3. The first-order valence-electron chi connectivity index (χ1n) is 8.43. The minimum absolute atomic E-state index is 0.0387. The van der Waals surface area contributed by atoms with Crippen LogP contribution in [0.25, 0.3) is 11.4 Å². The molecule has 2 aromatic heterocycles. The van der Waals surface area contributed by atoms with Gasteiger partial charge >= 0.3 is 0 Å². The van der Waals surface area contributed by atoms with Gasteiger partial charge in [-0.25, -0.2) is 4.98 Å². The van der Waals surface area contributed by atoms with Gasteiger partial charge in [0.25, 0.3) is 11.5 Å². The van der Waals surface area contributed by atoms with E-state index in [9.17, 15) is 9.59 Å². The number of hydrogen-bond donors (Lipinski definition) is 1. The van der Waals surface area contributed by atoms with Crippen LogP contribution in [0.5, 0.6) is 0 Å². The monoisotopic (exact) mass is 348 g/mol. The summed E-state index contributed by atoms with van der Waals surface area (Å²) in [5.74, 6) is 0.109. The Labute approximate surface area is 151 Å². The van der Waals surface area contributed by atoms with Gasteiger partial charge in [-0.2, -0.15) is 0 Å². The summed E-state index contributed by atoms with van der Waals surface area (Å²) in [4.78, 5) is 37.7. The molecule has 1 aromatic carbocycles. The molecule has 0 aliphatic heterocycles. The molecule has 0 aliphatic carbocycles. The van der Waals surface area contributed by atoms with E-state index in [1.54, 1.807) is 17.3 Å². The van der Waals surface area contributed by atoms with Crippen LogP contribution < -0.4 is 5.56 Å². The molecule has 0 atom stereocenters. The molecule has 6 nitrogen and oxygen atoms in total. The number of nitrogens with one attached hydrogen (secondary N) is 1. The number of H-pyrrole nitrogens is 1. The van der Waals surface area contributed by atoms with Crippen molar-refractivity contribution >= 4 is 5.91 Å². The number of amides is 1. The van der Waals surface area contributed by atoms with Gasteiger partial charge < -0.3 is 9.88 Å². The van der Waals surface area contributed by atoms with Crippen molar-refractivity contribution in [2.45, 2.75) is 20.4 Å². The van der Waals surface area contributed by atoms with E-state index in [1.165, 1.54) is 6.20 Å². The van der Waals surface area contributed by atoms with Crippen LogP contribution in [-0.2, 0) is 6.54 Å². The van der Waals surface area contributed by atoms with Crippen LogP contribution in [-0.4, -0.2) is 32.3 Å². The quantitative estimate of drug-likeness (QED) is 0.769. The van der Waals surface area contributed by atoms with E-state index in [0.29, 0.717) is 18.9 Å². The summed E-state index contributed by atoms with van der Waals surface area (Å²) in [7, 11) is 0. The maximum Gasteiger partial charge on any atom is 0.264 e. The molecule has 0 bridgehead atoms. The number of aromatic amines is 1. The fraction of sp³-hybridized carbons (Fsp3) is 0.200. The molecule has 132 valence electrons. The van der Waals surface area contributed by atoms with Crippen LogP contribution in [0, 0.1) is 6.92 Å². The average molecular weight is 348 g/mol. The Balaban J connectivity index is 1.84. The van der Waals surface area contributed by atoms with E-state index in [-0.39, 0.29) is 11.5 Å². The van der Waals surface area contributed by atoms with Crippen molar-refractivity contribution in [1.82, 2.24) is 19.9 Å². The minimum Gasteiger partial charge on any atom is -0.334 e. The highest BCUT2D eigenvalue weighted by atomic mass is 16.2. The van der Waals surface area contributed by atoms with Crippen molar-refractivity contribution in [1.29, 1.82) is 0 Å². The SMILES string of the molecule is CCN(Cc1ccncc1)C(=O)c1cnc(-c2ccc(C)cc2)[nH]c1=O. The second-order valence-corrected chi connectivity index (χ2v) is 6.02. The fourth-order valence-electron chi connectivity index (χ4n) is 2.61. The lowest BCUT2D eigenvalue weighted by Gasteiger charge is -2.20. The van der Waals surface area contributed by atoms with Crippen molar-refractivity contribution < 1.29 is 4.79 Å². The summed E-state index contributed by atoms with van der Waals surface area (Å²) >= 11 is 0. The zero-order valence-corrected chi connectivity index (χ0v) is 14.8. The normalized spacial score (nSPS) is 10.5. The van der Waals surface area contributed by atoms with Crippen LogP contribution in [0.2, 0.25) is 0 Å². The fourth-order valence-corrected chi connectivity index (χ4v) is 2.61. The molecule has 3 rings (SSSR count). The molecule has 0 unspecified atom stereocenters. The Hall–Kier alpha value is -3.28. The summed E-state index contributed by atoms with van der Waals surface area (Å²) in [6, 6.07) is 11.4. The molecule has 1 amide bonds. The van der Waals surface area contributed by atoms with Crippen molar-refractivity contribution in [3.63, 3.8) is 0 Å². The van der Waals surface area contributed by atoms with Gasteiger partial charge in [0, 0.05) is 37.2 Å². The van der Waals surface area contributed by atoms with Gasteiger partial charge in [-0.1, -0.05) is 29.8 Å². The third-order valence-corrected chi connectivity index (χ3v) is 4.15.